The number of aryl methyl sites for hydroxylation is 1. The predicted molar refractivity (Wildman–Crippen MR) is 88.6 cm³/mol. The van der Waals surface area contributed by atoms with Gasteiger partial charge in [-0.1, -0.05) is 38.5 Å². The number of aromatic nitrogens is 2. The zero-order valence-corrected chi connectivity index (χ0v) is 14.0. The molecule has 0 saturated heterocycles. The third kappa shape index (κ3) is 3.85. The molecule has 23 heavy (non-hydrogen) atoms. The topological polar surface area (TPSA) is 59.9 Å². The molecule has 124 valence electrons. The first-order chi connectivity index (χ1) is 11.1. The maximum Gasteiger partial charge on any atom is 0.184 e. The summed E-state index contributed by atoms with van der Waals surface area (Å²) >= 11 is 0. The zero-order chi connectivity index (χ0) is 16.2. The summed E-state index contributed by atoms with van der Waals surface area (Å²) in [7, 11) is 0. The Bertz CT molecular complexity index is 537. The first-order valence-corrected chi connectivity index (χ1v) is 9.09. The van der Waals surface area contributed by atoms with Crippen molar-refractivity contribution in [3.8, 4) is 0 Å². The van der Waals surface area contributed by atoms with Crippen LogP contribution in [-0.2, 0) is 0 Å². The molecule has 0 aromatic carbocycles. The van der Waals surface area contributed by atoms with Crippen molar-refractivity contribution in [2.75, 3.05) is 0 Å². The van der Waals surface area contributed by atoms with Gasteiger partial charge in [0.15, 0.2) is 11.6 Å². The van der Waals surface area contributed by atoms with Crippen LogP contribution in [0.25, 0.3) is 0 Å². The second-order valence-corrected chi connectivity index (χ2v) is 7.08. The highest BCUT2D eigenvalue weighted by Gasteiger charge is 2.27. The standard InChI is InChI=1S/C19H26N2O2/c1-13-20-16(18(22)14-8-4-2-5-9-14)12-17(21-13)19(23)15-10-6-3-7-11-15/h12,14-15H,2-11H2,1H3. The summed E-state index contributed by atoms with van der Waals surface area (Å²) in [4.78, 5) is 34.1. The summed E-state index contributed by atoms with van der Waals surface area (Å²) in [6.45, 7) is 1.77. The summed E-state index contributed by atoms with van der Waals surface area (Å²) in [6.07, 6.45) is 10.7. The Hall–Kier alpha value is -1.58. The van der Waals surface area contributed by atoms with Crippen molar-refractivity contribution >= 4 is 11.6 Å². The van der Waals surface area contributed by atoms with Crippen LogP contribution in [0.5, 0.6) is 0 Å². The van der Waals surface area contributed by atoms with E-state index >= 15 is 0 Å². The van der Waals surface area contributed by atoms with Crippen LogP contribution < -0.4 is 0 Å². The Morgan fingerprint density at radius 1 is 0.783 bits per heavy atom. The van der Waals surface area contributed by atoms with E-state index in [1.165, 1.54) is 12.8 Å². The van der Waals surface area contributed by atoms with E-state index in [4.69, 9.17) is 0 Å². The molecule has 3 rings (SSSR count). The maximum absolute atomic E-state index is 12.7. The van der Waals surface area contributed by atoms with Gasteiger partial charge >= 0.3 is 0 Å². The molecule has 2 aliphatic rings. The molecule has 2 saturated carbocycles. The molecule has 0 unspecified atom stereocenters. The average molecular weight is 314 g/mol. The van der Waals surface area contributed by atoms with Crippen molar-refractivity contribution in [2.24, 2.45) is 11.8 Å². The summed E-state index contributed by atoms with van der Waals surface area (Å²) in [6, 6.07) is 1.65. The Kier molecular flexibility index (Phi) is 5.19. The van der Waals surface area contributed by atoms with Crippen molar-refractivity contribution in [1.82, 2.24) is 9.97 Å². The number of Topliss-reactive ketones (excluding diaryl/α,β-unsaturated/α-hetero) is 2. The SMILES string of the molecule is Cc1nc(C(=O)C2CCCCC2)cc(C(=O)C2CCCCC2)n1. The van der Waals surface area contributed by atoms with E-state index in [0.29, 0.717) is 17.2 Å². The number of hydrogen-bond acceptors (Lipinski definition) is 4. The Morgan fingerprint density at radius 2 is 1.17 bits per heavy atom. The fourth-order valence-electron chi connectivity index (χ4n) is 3.97. The molecule has 2 fully saturated rings. The minimum Gasteiger partial charge on any atom is -0.292 e. The zero-order valence-electron chi connectivity index (χ0n) is 14.0. The lowest BCUT2D eigenvalue weighted by atomic mass is 9.83. The third-order valence-electron chi connectivity index (χ3n) is 5.29. The third-order valence-corrected chi connectivity index (χ3v) is 5.29. The van der Waals surface area contributed by atoms with Gasteiger partial charge in [-0.25, -0.2) is 9.97 Å². The van der Waals surface area contributed by atoms with Crippen LogP contribution in [0.2, 0.25) is 0 Å². The van der Waals surface area contributed by atoms with Gasteiger partial charge in [0, 0.05) is 11.8 Å². The summed E-state index contributed by atoms with van der Waals surface area (Å²) in [5, 5.41) is 0. The lowest BCUT2D eigenvalue weighted by Crippen LogP contribution is -2.23. The van der Waals surface area contributed by atoms with Gasteiger partial charge < -0.3 is 0 Å². The van der Waals surface area contributed by atoms with Crippen LogP contribution in [-0.4, -0.2) is 21.5 Å². The number of rotatable bonds is 4. The quantitative estimate of drug-likeness (QED) is 0.777. The predicted octanol–water partition coefficient (Wildman–Crippen LogP) is 4.31. The minimum absolute atomic E-state index is 0.0793. The molecule has 1 heterocycles. The lowest BCUT2D eigenvalue weighted by molar-refractivity contribution is 0.0881. The highest BCUT2D eigenvalue weighted by atomic mass is 16.1. The molecule has 0 aliphatic heterocycles. The molecule has 4 nitrogen and oxygen atoms in total. The molecular weight excluding hydrogens is 288 g/mol. The number of carbonyl (C=O) groups excluding carboxylic acids is 2. The molecule has 4 heteroatoms. The molecule has 0 amide bonds. The average Bonchev–Trinajstić information content (AvgIpc) is 2.61. The maximum atomic E-state index is 12.7. The van der Waals surface area contributed by atoms with Crippen molar-refractivity contribution in [2.45, 2.75) is 71.1 Å². The second-order valence-electron chi connectivity index (χ2n) is 7.08. The normalized spacial score (nSPS) is 20.4. The Balaban J connectivity index is 1.80. The monoisotopic (exact) mass is 314 g/mol. The van der Waals surface area contributed by atoms with Crippen molar-refractivity contribution in [1.29, 1.82) is 0 Å². The van der Waals surface area contributed by atoms with E-state index in [1.54, 1.807) is 13.0 Å². The molecule has 0 radical (unpaired) electrons. The van der Waals surface area contributed by atoms with Crippen LogP contribution >= 0.6 is 0 Å². The number of hydrogen-bond donors (Lipinski definition) is 0. The number of carbonyl (C=O) groups is 2. The van der Waals surface area contributed by atoms with Gasteiger partial charge in [0.25, 0.3) is 0 Å². The highest BCUT2D eigenvalue weighted by molar-refractivity contribution is 6.00. The van der Waals surface area contributed by atoms with Gasteiger partial charge in [-0.3, -0.25) is 9.59 Å². The largest absolute Gasteiger partial charge is 0.292 e. The van der Waals surface area contributed by atoms with Crippen LogP contribution in [0.15, 0.2) is 6.07 Å². The van der Waals surface area contributed by atoms with Gasteiger partial charge in [0.05, 0.1) is 0 Å². The molecule has 0 spiro atoms. The first-order valence-electron chi connectivity index (χ1n) is 9.09. The molecule has 1 aromatic rings. The van der Waals surface area contributed by atoms with Crippen LogP contribution in [0, 0.1) is 18.8 Å². The highest BCUT2D eigenvalue weighted by Crippen LogP contribution is 2.28. The minimum atomic E-state index is 0.0793. The van der Waals surface area contributed by atoms with Crippen LogP contribution in [0.3, 0.4) is 0 Å². The van der Waals surface area contributed by atoms with Gasteiger partial charge in [-0.05, 0) is 38.7 Å². The van der Waals surface area contributed by atoms with Crippen molar-refractivity contribution < 1.29 is 9.59 Å². The van der Waals surface area contributed by atoms with Gasteiger partial charge in [-0.2, -0.15) is 0 Å². The van der Waals surface area contributed by atoms with Crippen molar-refractivity contribution in [3.05, 3.63) is 23.3 Å². The summed E-state index contributed by atoms with van der Waals surface area (Å²) in [5.41, 5.74) is 0.895. The molecule has 0 N–H and O–H groups in total. The number of nitrogens with zero attached hydrogens (tertiary/aromatic N) is 2. The van der Waals surface area contributed by atoms with E-state index in [0.717, 1.165) is 51.4 Å². The van der Waals surface area contributed by atoms with E-state index in [9.17, 15) is 9.59 Å². The van der Waals surface area contributed by atoms with Crippen molar-refractivity contribution in [3.63, 3.8) is 0 Å². The van der Waals surface area contributed by atoms with E-state index < -0.39 is 0 Å². The fraction of sp³-hybridized carbons (Fsp3) is 0.684. The van der Waals surface area contributed by atoms with E-state index in [1.807, 2.05) is 0 Å². The lowest BCUT2D eigenvalue weighted by Gasteiger charge is -2.21. The van der Waals surface area contributed by atoms with Crippen LogP contribution in [0.4, 0.5) is 0 Å². The molecular formula is C19H26N2O2. The first kappa shape index (κ1) is 16.3. The van der Waals surface area contributed by atoms with E-state index in [-0.39, 0.29) is 23.4 Å². The molecule has 2 aliphatic carbocycles. The summed E-state index contributed by atoms with van der Waals surface area (Å²) in [5.74, 6) is 0.901. The molecule has 1 aromatic heterocycles. The number of ketones is 2. The molecule has 0 atom stereocenters. The molecule has 0 bridgehead atoms. The fourth-order valence-corrected chi connectivity index (χ4v) is 3.97. The Morgan fingerprint density at radius 3 is 1.57 bits per heavy atom. The van der Waals surface area contributed by atoms with Crippen LogP contribution in [0.1, 0.15) is 91.0 Å². The second kappa shape index (κ2) is 7.33. The van der Waals surface area contributed by atoms with E-state index in [2.05, 4.69) is 9.97 Å². The summed E-state index contributed by atoms with van der Waals surface area (Å²) < 4.78 is 0. The smallest absolute Gasteiger partial charge is 0.184 e. The Labute approximate surface area is 138 Å². The van der Waals surface area contributed by atoms with Gasteiger partial charge in [0.2, 0.25) is 0 Å². The van der Waals surface area contributed by atoms with Gasteiger partial charge in [-0.15, -0.1) is 0 Å². The van der Waals surface area contributed by atoms with Gasteiger partial charge in [0.1, 0.15) is 17.2 Å².